The number of hydrogen-bond acceptors (Lipinski definition) is 3. The van der Waals surface area contributed by atoms with E-state index in [1.165, 1.54) is 11.1 Å². The monoisotopic (exact) mass is 286 g/mol. The Kier molecular flexibility index (Phi) is 3.78. The van der Waals surface area contributed by atoms with Crippen LogP contribution in [0.15, 0.2) is 10.9 Å². The van der Waals surface area contributed by atoms with Crippen molar-refractivity contribution in [3.63, 3.8) is 0 Å². The van der Waals surface area contributed by atoms with E-state index in [9.17, 15) is 31.1 Å². The van der Waals surface area contributed by atoms with Crippen LogP contribution in [-0.4, -0.2) is 11.3 Å². The highest BCUT2D eigenvalue weighted by molar-refractivity contribution is 5.38. The molecule has 1 rings (SSSR count). The third-order valence-electron chi connectivity index (χ3n) is 1.86. The van der Waals surface area contributed by atoms with Crippen molar-refractivity contribution >= 4 is 0 Å². The second-order valence-corrected chi connectivity index (χ2v) is 3.24. The van der Waals surface area contributed by atoms with E-state index < -0.39 is 41.5 Å². The molecule has 0 aliphatic carbocycles. The van der Waals surface area contributed by atoms with Crippen LogP contribution in [0.2, 0.25) is 0 Å². The van der Waals surface area contributed by atoms with Gasteiger partial charge in [0.25, 0.3) is 5.56 Å². The Morgan fingerprint density at radius 1 is 1.26 bits per heavy atom. The number of aromatic nitrogens is 1. The van der Waals surface area contributed by atoms with Gasteiger partial charge in [-0.25, -0.2) is 0 Å². The third kappa shape index (κ3) is 3.90. The Labute approximate surface area is 101 Å². The van der Waals surface area contributed by atoms with E-state index in [1.54, 1.807) is 0 Å². The Balaban J connectivity index is 3.52. The molecule has 0 aliphatic heterocycles. The highest BCUT2D eigenvalue weighted by Crippen LogP contribution is 2.38. The summed E-state index contributed by atoms with van der Waals surface area (Å²) >= 11 is 0. The van der Waals surface area contributed by atoms with Gasteiger partial charge < -0.3 is 4.74 Å². The summed E-state index contributed by atoms with van der Waals surface area (Å²) < 4.78 is 77.1. The number of nitrogens with zero attached hydrogens (tertiary/aromatic N) is 1. The Morgan fingerprint density at radius 3 is 2.26 bits per heavy atom. The number of halogens is 6. The van der Waals surface area contributed by atoms with E-state index >= 15 is 0 Å². The Bertz CT molecular complexity index is 566. The number of pyridine rings is 1. The van der Waals surface area contributed by atoms with Crippen LogP contribution in [0, 0.1) is 11.3 Å². The summed E-state index contributed by atoms with van der Waals surface area (Å²) in [7, 11) is 0. The zero-order valence-corrected chi connectivity index (χ0v) is 8.82. The van der Waals surface area contributed by atoms with Gasteiger partial charge in [0.15, 0.2) is 0 Å². The molecule has 104 valence electrons. The number of nitriles is 1. The molecule has 4 nitrogen and oxygen atoms in total. The van der Waals surface area contributed by atoms with Gasteiger partial charge in [0.05, 0.1) is 12.5 Å². The van der Waals surface area contributed by atoms with E-state index in [1.807, 2.05) is 0 Å². The quantitative estimate of drug-likeness (QED) is 0.849. The smallest absolute Gasteiger partial charge is 0.389 e. The second kappa shape index (κ2) is 4.83. The summed E-state index contributed by atoms with van der Waals surface area (Å²) in [4.78, 5) is 12.3. The summed E-state index contributed by atoms with van der Waals surface area (Å²) in [6, 6.07) is 1.72. The molecule has 0 bridgehead atoms. The van der Waals surface area contributed by atoms with Gasteiger partial charge in [-0.2, -0.15) is 18.4 Å². The molecule has 10 heteroatoms. The first kappa shape index (κ1) is 14.9. The standard InChI is InChI=1S/C9H4F6N2O2/c10-8(11,12)6-4(1-2-16)3-5(18)17-7(6)19-9(13,14)15/h3H,1H2,(H,17,18). The lowest BCUT2D eigenvalue weighted by Gasteiger charge is -2.16. The fourth-order valence-corrected chi connectivity index (χ4v) is 1.31. The number of rotatable bonds is 2. The van der Waals surface area contributed by atoms with Crippen LogP contribution < -0.4 is 10.3 Å². The van der Waals surface area contributed by atoms with Gasteiger partial charge in [-0.05, 0) is 5.56 Å². The first-order valence-electron chi connectivity index (χ1n) is 4.50. The van der Waals surface area contributed by atoms with E-state index in [2.05, 4.69) is 4.74 Å². The minimum absolute atomic E-state index is 0.398. The average Bonchev–Trinajstić information content (AvgIpc) is 2.11. The van der Waals surface area contributed by atoms with Crippen molar-refractivity contribution in [1.82, 2.24) is 4.98 Å². The minimum atomic E-state index is -5.41. The summed E-state index contributed by atoms with van der Waals surface area (Å²) in [5.74, 6) is -1.78. The number of aromatic amines is 1. The SMILES string of the molecule is N#CCc1cc(=O)[nH]c(OC(F)(F)F)c1C(F)(F)F. The Hall–Kier alpha value is -2.18. The normalized spacial score (nSPS) is 12.1. The van der Waals surface area contributed by atoms with Gasteiger partial charge in [-0.1, -0.05) is 0 Å². The minimum Gasteiger partial charge on any atom is -0.389 e. The second-order valence-electron chi connectivity index (χ2n) is 3.24. The van der Waals surface area contributed by atoms with Gasteiger partial charge in [0.1, 0.15) is 5.56 Å². The molecule has 0 aliphatic rings. The van der Waals surface area contributed by atoms with Gasteiger partial charge >= 0.3 is 12.5 Å². The highest BCUT2D eigenvalue weighted by Gasteiger charge is 2.42. The van der Waals surface area contributed by atoms with Crippen LogP contribution in [-0.2, 0) is 12.6 Å². The van der Waals surface area contributed by atoms with Crippen molar-refractivity contribution in [3.8, 4) is 11.9 Å². The molecule has 1 heterocycles. The van der Waals surface area contributed by atoms with E-state index in [0.29, 0.717) is 6.07 Å². The molecular formula is C9H4F6N2O2. The fraction of sp³-hybridized carbons (Fsp3) is 0.333. The first-order chi connectivity index (χ1) is 8.54. The number of alkyl halides is 6. The molecule has 0 unspecified atom stereocenters. The van der Waals surface area contributed by atoms with Gasteiger partial charge in [0, 0.05) is 6.07 Å². The highest BCUT2D eigenvalue weighted by atomic mass is 19.4. The van der Waals surface area contributed by atoms with E-state index in [4.69, 9.17) is 5.26 Å². The van der Waals surface area contributed by atoms with E-state index in [-0.39, 0.29) is 0 Å². The summed E-state index contributed by atoms with van der Waals surface area (Å²) in [5.41, 5.74) is -3.96. The molecule has 1 aromatic heterocycles. The lowest BCUT2D eigenvalue weighted by atomic mass is 10.1. The topological polar surface area (TPSA) is 65.9 Å². The van der Waals surface area contributed by atoms with Crippen LogP contribution in [0.25, 0.3) is 0 Å². The first-order valence-corrected chi connectivity index (χ1v) is 4.50. The maximum absolute atomic E-state index is 12.7. The van der Waals surface area contributed by atoms with Crippen LogP contribution >= 0.6 is 0 Å². The molecule has 0 spiro atoms. The molecule has 0 amide bonds. The van der Waals surface area contributed by atoms with Crippen molar-refractivity contribution in [3.05, 3.63) is 27.5 Å². The van der Waals surface area contributed by atoms with Crippen LogP contribution in [0.1, 0.15) is 11.1 Å². The number of nitrogens with one attached hydrogen (secondary N) is 1. The molecule has 0 saturated heterocycles. The number of H-pyrrole nitrogens is 1. The van der Waals surface area contributed by atoms with Crippen LogP contribution in [0.5, 0.6) is 5.88 Å². The molecule has 0 atom stereocenters. The largest absolute Gasteiger partial charge is 0.574 e. The molecule has 0 radical (unpaired) electrons. The molecule has 1 N–H and O–H groups in total. The molecule has 0 fully saturated rings. The molecular weight excluding hydrogens is 282 g/mol. The molecule has 19 heavy (non-hydrogen) atoms. The third-order valence-corrected chi connectivity index (χ3v) is 1.86. The lowest BCUT2D eigenvalue weighted by molar-refractivity contribution is -0.278. The van der Waals surface area contributed by atoms with Gasteiger partial charge in [-0.15, -0.1) is 13.2 Å². The predicted octanol–water partition coefficient (Wildman–Crippen LogP) is 2.36. The summed E-state index contributed by atoms with van der Waals surface area (Å²) in [6.07, 6.45) is -11.5. The van der Waals surface area contributed by atoms with Crippen molar-refractivity contribution in [1.29, 1.82) is 5.26 Å². The predicted molar refractivity (Wildman–Crippen MR) is 48.1 cm³/mol. The maximum Gasteiger partial charge on any atom is 0.574 e. The molecule has 0 saturated carbocycles. The summed E-state index contributed by atoms with van der Waals surface area (Å²) in [6.45, 7) is 0. The van der Waals surface area contributed by atoms with E-state index in [0.717, 1.165) is 0 Å². The van der Waals surface area contributed by atoms with Crippen molar-refractivity contribution in [2.45, 2.75) is 19.0 Å². The number of ether oxygens (including phenoxy) is 1. The molecule has 1 aromatic rings. The number of hydrogen-bond donors (Lipinski definition) is 1. The lowest BCUT2D eigenvalue weighted by Crippen LogP contribution is -2.25. The van der Waals surface area contributed by atoms with Crippen molar-refractivity contribution in [2.75, 3.05) is 0 Å². The zero-order chi connectivity index (χ0) is 14.8. The average molecular weight is 286 g/mol. The Morgan fingerprint density at radius 2 is 1.84 bits per heavy atom. The van der Waals surface area contributed by atoms with Crippen LogP contribution in [0.4, 0.5) is 26.3 Å². The maximum atomic E-state index is 12.7. The van der Waals surface area contributed by atoms with Crippen molar-refractivity contribution < 1.29 is 31.1 Å². The van der Waals surface area contributed by atoms with Crippen molar-refractivity contribution in [2.24, 2.45) is 0 Å². The van der Waals surface area contributed by atoms with Gasteiger partial charge in [0.2, 0.25) is 5.88 Å². The van der Waals surface area contributed by atoms with Gasteiger partial charge in [-0.3, -0.25) is 9.78 Å². The fourth-order valence-electron chi connectivity index (χ4n) is 1.31. The van der Waals surface area contributed by atoms with Crippen LogP contribution in [0.3, 0.4) is 0 Å². The zero-order valence-electron chi connectivity index (χ0n) is 8.82. The molecule has 0 aromatic carbocycles. The summed E-state index contributed by atoms with van der Waals surface area (Å²) in [5, 5.41) is 8.33.